The number of carbonyl (C=O) groups excluding carboxylic acids is 1. The van der Waals surface area contributed by atoms with E-state index in [-0.39, 0.29) is 5.91 Å². The van der Waals surface area contributed by atoms with Crippen LogP contribution in [0.4, 0.5) is 0 Å². The fraction of sp³-hybridized carbons (Fsp3) is 0.429. The topological polar surface area (TPSA) is 49.0 Å². The number of hydrogen-bond acceptors (Lipinski definition) is 4. The van der Waals surface area contributed by atoms with E-state index in [9.17, 15) is 4.79 Å². The van der Waals surface area contributed by atoms with E-state index in [0.717, 1.165) is 16.3 Å². The van der Waals surface area contributed by atoms with Crippen molar-refractivity contribution < 1.29 is 4.79 Å². The first-order chi connectivity index (χ1) is 6.22. The summed E-state index contributed by atoms with van der Waals surface area (Å²) in [5.74, 6) is 0.0970. The molecule has 0 atom stereocenters. The lowest BCUT2D eigenvalue weighted by atomic mass is 10.3. The van der Waals surface area contributed by atoms with Gasteiger partial charge in [0.15, 0.2) is 0 Å². The zero-order valence-corrected chi connectivity index (χ0v) is 8.78. The molecule has 0 aliphatic carbocycles. The number of rotatable bonds is 1. The van der Waals surface area contributed by atoms with Gasteiger partial charge in [-0.2, -0.15) is 5.10 Å². The van der Waals surface area contributed by atoms with Crippen molar-refractivity contribution >= 4 is 28.4 Å². The molecule has 0 unspecified atom stereocenters. The number of aromatic amines is 1. The molecule has 6 heteroatoms. The Morgan fingerprint density at radius 3 is 3.08 bits per heavy atom. The van der Waals surface area contributed by atoms with Crippen LogP contribution < -0.4 is 0 Å². The molecule has 1 amide bonds. The molecule has 0 saturated heterocycles. The predicted molar refractivity (Wildman–Crippen MR) is 53.4 cm³/mol. The van der Waals surface area contributed by atoms with Crippen molar-refractivity contribution in [3.8, 4) is 0 Å². The third kappa shape index (κ3) is 1.44. The molecule has 2 heterocycles. The quantitative estimate of drug-likeness (QED) is 0.547. The SMILES string of the molecule is CC(=O)N1Cc2[nH]nc(SS)c2C1. The van der Waals surface area contributed by atoms with Crippen LogP contribution in [-0.2, 0) is 17.9 Å². The molecule has 1 aromatic heterocycles. The van der Waals surface area contributed by atoms with E-state index >= 15 is 0 Å². The van der Waals surface area contributed by atoms with Crippen LogP contribution in [-0.4, -0.2) is 21.0 Å². The minimum Gasteiger partial charge on any atom is -0.333 e. The molecule has 0 radical (unpaired) electrons. The first kappa shape index (κ1) is 8.96. The van der Waals surface area contributed by atoms with Crippen LogP contribution in [0.25, 0.3) is 0 Å². The van der Waals surface area contributed by atoms with E-state index in [4.69, 9.17) is 0 Å². The molecule has 70 valence electrons. The van der Waals surface area contributed by atoms with E-state index in [1.807, 2.05) is 0 Å². The highest BCUT2D eigenvalue weighted by atomic mass is 33.1. The molecule has 1 aliphatic rings. The summed E-state index contributed by atoms with van der Waals surface area (Å²) in [4.78, 5) is 12.9. The summed E-state index contributed by atoms with van der Waals surface area (Å²) in [7, 11) is 1.31. The van der Waals surface area contributed by atoms with Crippen LogP contribution in [0.1, 0.15) is 18.2 Å². The van der Waals surface area contributed by atoms with Crippen LogP contribution in [0.5, 0.6) is 0 Å². The van der Waals surface area contributed by atoms with Gasteiger partial charge in [0.1, 0.15) is 5.03 Å². The van der Waals surface area contributed by atoms with Gasteiger partial charge in [-0.25, -0.2) is 0 Å². The minimum absolute atomic E-state index is 0.0970. The normalized spacial score (nSPS) is 14.8. The molecule has 0 aromatic carbocycles. The van der Waals surface area contributed by atoms with Crippen LogP contribution in [0, 0.1) is 0 Å². The number of hydrogen-bond donors (Lipinski definition) is 2. The number of carbonyl (C=O) groups is 1. The maximum Gasteiger partial charge on any atom is 0.220 e. The van der Waals surface area contributed by atoms with Crippen molar-refractivity contribution in [1.82, 2.24) is 15.1 Å². The van der Waals surface area contributed by atoms with Gasteiger partial charge in [-0.1, -0.05) is 0 Å². The highest BCUT2D eigenvalue weighted by molar-refractivity contribution is 8.68. The number of thiol groups is 1. The molecule has 0 fully saturated rings. The zero-order chi connectivity index (χ0) is 9.42. The van der Waals surface area contributed by atoms with E-state index in [2.05, 4.69) is 21.9 Å². The molecule has 1 aromatic rings. The molecule has 0 bridgehead atoms. The Balaban J connectivity index is 2.26. The molecule has 4 nitrogen and oxygen atoms in total. The minimum atomic E-state index is 0.0970. The largest absolute Gasteiger partial charge is 0.333 e. The van der Waals surface area contributed by atoms with Gasteiger partial charge in [-0.15, -0.1) is 11.7 Å². The third-order valence-electron chi connectivity index (χ3n) is 2.14. The maximum absolute atomic E-state index is 11.1. The number of nitrogens with one attached hydrogen (secondary N) is 1. The predicted octanol–water partition coefficient (Wildman–Crippen LogP) is 1.21. The second kappa shape index (κ2) is 3.26. The number of H-pyrrole nitrogens is 1. The number of nitrogens with zero attached hydrogens (tertiary/aromatic N) is 2. The highest BCUT2D eigenvalue weighted by Gasteiger charge is 2.25. The first-order valence-electron chi connectivity index (χ1n) is 3.85. The van der Waals surface area contributed by atoms with Crippen molar-refractivity contribution in [1.29, 1.82) is 0 Å². The maximum atomic E-state index is 11.1. The summed E-state index contributed by atoms with van der Waals surface area (Å²) in [6.45, 7) is 2.88. The molecule has 2 rings (SSSR count). The van der Waals surface area contributed by atoms with Gasteiger partial charge in [0.25, 0.3) is 0 Å². The summed E-state index contributed by atoms with van der Waals surface area (Å²) in [5.41, 5.74) is 2.14. The highest BCUT2D eigenvalue weighted by Crippen LogP contribution is 2.31. The smallest absolute Gasteiger partial charge is 0.220 e. The molecule has 13 heavy (non-hydrogen) atoms. The van der Waals surface area contributed by atoms with E-state index in [0.29, 0.717) is 13.1 Å². The summed E-state index contributed by atoms with van der Waals surface area (Å²) < 4.78 is 0. The van der Waals surface area contributed by atoms with Crippen molar-refractivity contribution in [3.63, 3.8) is 0 Å². The Hall–Kier alpha value is -0.620. The van der Waals surface area contributed by atoms with E-state index < -0.39 is 0 Å². The van der Waals surface area contributed by atoms with Crippen LogP contribution in [0.3, 0.4) is 0 Å². The second-order valence-electron chi connectivity index (χ2n) is 2.95. The summed E-state index contributed by atoms with van der Waals surface area (Å²) in [6.07, 6.45) is 0. The number of amides is 1. The van der Waals surface area contributed by atoms with E-state index in [1.165, 1.54) is 10.8 Å². The van der Waals surface area contributed by atoms with Crippen molar-refractivity contribution in [2.24, 2.45) is 0 Å². The van der Waals surface area contributed by atoms with Crippen molar-refractivity contribution in [2.75, 3.05) is 0 Å². The van der Waals surface area contributed by atoms with E-state index in [1.54, 1.807) is 11.8 Å². The lowest BCUT2D eigenvalue weighted by molar-refractivity contribution is -0.129. The molecular weight excluding hydrogens is 206 g/mol. The number of aromatic nitrogens is 2. The zero-order valence-electron chi connectivity index (χ0n) is 7.07. The average molecular weight is 215 g/mol. The lowest BCUT2D eigenvalue weighted by Crippen LogP contribution is -2.22. The van der Waals surface area contributed by atoms with Crippen LogP contribution in [0.2, 0.25) is 0 Å². The van der Waals surface area contributed by atoms with Gasteiger partial charge in [-0.3, -0.25) is 9.89 Å². The fourth-order valence-electron chi connectivity index (χ4n) is 1.41. The van der Waals surface area contributed by atoms with Gasteiger partial charge in [0.05, 0.1) is 18.8 Å². The van der Waals surface area contributed by atoms with Gasteiger partial charge < -0.3 is 4.90 Å². The molecule has 1 N–H and O–H groups in total. The Morgan fingerprint density at radius 2 is 2.46 bits per heavy atom. The monoisotopic (exact) mass is 215 g/mol. The first-order valence-corrected chi connectivity index (χ1v) is 5.72. The van der Waals surface area contributed by atoms with Crippen molar-refractivity contribution in [2.45, 2.75) is 25.0 Å². The summed E-state index contributed by atoms with van der Waals surface area (Å²) in [6, 6.07) is 0. The lowest BCUT2D eigenvalue weighted by Gasteiger charge is -2.11. The van der Waals surface area contributed by atoms with Gasteiger partial charge in [-0.05, 0) is 10.8 Å². The van der Waals surface area contributed by atoms with Crippen molar-refractivity contribution in [3.05, 3.63) is 11.3 Å². The number of fused-ring (bicyclic) bond motifs is 1. The van der Waals surface area contributed by atoms with Crippen LogP contribution in [0.15, 0.2) is 5.03 Å². The Bertz CT molecular complexity index is 350. The third-order valence-corrected chi connectivity index (χ3v) is 3.17. The molecule has 0 saturated carbocycles. The Kier molecular flexibility index (Phi) is 2.25. The van der Waals surface area contributed by atoms with Crippen LogP contribution >= 0.6 is 22.5 Å². The fourth-order valence-corrected chi connectivity index (χ4v) is 2.25. The molecular formula is C7H9N3OS2. The molecule has 0 spiro atoms. The van der Waals surface area contributed by atoms with Gasteiger partial charge in [0.2, 0.25) is 5.91 Å². The second-order valence-corrected chi connectivity index (χ2v) is 4.07. The summed E-state index contributed by atoms with van der Waals surface area (Å²) in [5, 5.41) is 7.86. The standard InChI is InChI=1S/C7H9N3OS2/c1-4(11)10-2-5-6(3-10)8-9-7(5)13-12/h12H,2-3H2,1H3,(H,8,9). The Labute approximate surface area is 84.9 Å². The molecule has 1 aliphatic heterocycles. The van der Waals surface area contributed by atoms with Gasteiger partial charge in [0, 0.05) is 12.5 Å². The average Bonchev–Trinajstić information content (AvgIpc) is 2.60. The summed E-state index contributed by atoms with van der Waals surface area (Å²) >= 11 is 4.09. The van der Waals surface area contributed by atoms with Gasteiger partial charge >= 0.3 is 0 Å². The Morgan fingerprint density at radius 1 is 1.69 bits per heavy atom.